The predicted octanol–water partition coefficient (Wildman–Crippen LogP) is 3.54. The monoisotopic (exact) mass is 391 g/mol. The van der Waals surface area contributed by atoms with Crippen LogP contribution in [0.3, 0.4) is 0 Å². The molecule has 29 heavy (non-hydrogen) atoms. The van der Waals surface area contributed by atoms with E-state index in [2.05, 4.69) is 41.4 Å². The molecule has 2 fully saturated rings. The number of benzene rings is 2. The van der Waals surface area contributed by atoms with E-state index in [1.54, 1.807) is 0 Å². The molecule has 2 amide bonds. The zero-order valence-corrected chi connectivity index (χ0v) is 17.4. The smallest absolute Gasteiger partial charge is 0.228 e. The summed E-state index contributed by atoms with van der Waals surface area (Å²) in [4.78, 5) is 29.7. The molecule has 2 atom stereocenters. The quantitative estimate of drug-likeness (QED) is 0.867. The van der Waals surface area contributed by atoms with Gasteiger partial charge in [-0.05, 0) is 62.1 Å². The number of carbonyl (C=O) groups is 2. The summed E-state index contributed by atoms with van der Waals surface area (Å²) in [5.41, 5.74) is 5.54. The van der Waals surface area contributed by atoms with Crippen LogP contribution in [0, 0.1) is 32.6 Å². The number of nitrogens with zero attached hydrogens (tertiary/aromatic N) is 2. The molecule has 1 saturated carbocycles. The van der Waals surface area contributed by atoms with Crippen LogP contribution in [0.2, 0.25) is 0 Å². The van der Waals surface area contributed by atoms with Crippen LogP contribution in [0.4, 0.5) is 11.4 Å². The van der Waals surface area contributed by atoms with Crippen molar-refractivity contribution in [3.8, 4) is 0 Å². The topological polar surface area (TPSA) is 52.7 Å². The number of carbonyl (C=O) groups excluding carboxylic acids is 2. The van der Waals surface area contributed by atoms with Gasteiger partial charge in [-0.25, -0.2) is 0 Å². The molecule has 4 rings (SSSR count). The zero-order chi connectivity index (χ0) is 20.5. The maximum atomic E-state index is 12.9. The van der Waals surface area contributed by atoms with E-state index < -0.39 is 0 Å². The van der Waals surface area contributed by atoms with Gasteiger partial charge in [0, 0.05) is 37.6 Å². The average molecular weight is 392 g/mol. The molecule has 2 aromatic carbocycles. The largest absolute Gasteiger partial charge is 0.368 e. The Morgan fingerprint density at radius 2 is 1.66 bits per heavy atom. The van der Waals surface area contributed by atoms with E-state index in [1.807, 2.05) is 36.9 Å². The van der Waals surface area contributed by atoms with Crippen LogP contribution < -0.4 is 10.2 Å². The number of hydrogen-bond acceptors (Lipinski definition) is 3. The Labute approximate surface area is 172 Å². The van der Waals surface area contributed by atoms with Crippen molar-refractivity contribution in [3.05, 3.63) is 59.2 Å². The second-order valence-electron chi connectivity index (χ2n) is 8.34. The molecule has 0 aromatic heterocycles. The maximum Gasteiger partial charge on any atom is 0.228 e. The average Bonchev–Trinajstić information content (AvgIpc) is 3.52. The van der Waals surface area contributed by atoms with Gasteiger partial charge in [-0.3, -0.25) is 9.59 Å². The lowest BCUT2D eigenvalue weighted by Crippen LogP contribution is -2.49. The van der Waals surface area contributed by atoms with E-state index in [1.165, 1.54) is 11.3 Å². The van der Waals surface area contributed by atoms with Gasteiger partial charge in [-0.1, -0.05) is 24.3 Å². The van der Waals surface area contributed by atoms with Gasteiger partial charge in [-0.15, -0.1) is 0 Å². The fraction of sp³-hybridized carbons (Fsp3) is 0.417. The van der Waals surface area contributed by atoms with Crippen LogP contribution >= 0.6 is 0 Å². The number of nitrogens with one attached hydrogen (secondary N) is 1. The van der Waals surface area contributed by atoms with Crippen molar-refractivity contribution in [2.75, 3.05) is 36.4 Å². The fourth-order valence-electron chi connectivity index (χ4n) is 4.11. The van der Waals surface area contributed by atoms with Crippen LogP contribution in [-0.4, -0.2) is 42.9 Å². The number of amides is 2. The van der Waals surface area contributed by atoms with Gasteiger partial charge < -0.3 is 15.1 Å². The highest BCUT2D eigenvalue weighted by Gasteiger charge is 2.49. The first-order valence-corrected chi connectivity index (χ1v) is 10.4. The van der Waals surface area contributed by atoms with Gasteiger partial charge >= 0.3 is 0 Å². The Hall–Kier alpha value is -2.82. The third kappa shape index (κ3) is 4.14. The molecule has 5 nitrogen and oxygen atoms in total. The molecule has 2 unspecified atom stereocenters. The van der Waals surface area contributed by atoms with Gasteiger partial charge in [0.05, 0.1) is 11.8 Å². The van der Waals surface area contributed by atoms with Crippen LogP contribution in [0.25, 0.3) is 0 Å². The van der Waals surface area contributed by atoms with E-state index in [0.29, 0.717) is 19.5 Å². The van der Waals surface area contributed by atoms with Crippen LogP contribution in [0.15, 0.2) is 42.5 Å². The van der Waals surface area contributed by atoms with Crippen LogP contribution in [0.1, 0.15) is 23.1 Å². The van der Waals surface area contributed by atoms with Gasteiger partial charge in [-0.2, -0.15) is 0 Å². The molecule has 5 heteroatoms. The third-order valence-electron chi connectivity index (χ3n) is 6.27. The molecule has 1 aliphatic heterocycles. The fourth-order valence-corrected chi connectivity index (χ4v) is 4.11. The molecule has 0 radical (unpaired) electrons. The Balaban J connectivity index is 1.30. The van der Waals surface area contributed by atoms with E-state index in [4.69, 9.17) is 0 Å². The summed E-state index contributed by atoms with van der Waals surface area (Å²) in [5.74, 6) is -0.256. The van der Waals surface area contributed by atoms with Crippen molar-refractivity contribution >= 4 is 23.2 Å². The molecule has 1 heterocycles. The standard InChI is InChI=1S/C24H29N3O2/c1-16-6-4-8-19(14-16)26-10-12-27(13-11-26)24(29)21-15-20(21)23(28)25-22-9-5-7-17(2)18(22)3/h4-9,14,20-21H,10-13,15H2,1-3H3,(H,25,28). The van der Waals surface area contributed by atoms with Crippen molar-refractivity contribution in [2.45, 2.75) is 27.2 Å². The summed E-state index contributed by atoms with van der Waals surface area (Å²) in [6.07, 6.45) is 0.660. The number of rotatable bonds is 4. The highest BCUT2D eigenvalue weighted by Crippen LogP contribution is 2.41. The lowest BCUT2D eigenvalue weighted by molar-refractivity contribution is -0.134. The summed E-state index contributed by atoms with van der Waals surface area (Å²) >= 11 is 0. The number of hydrogen-bond donors (Lipinski definition) is 1. The second-order valence-corrected chi connectivity index (χ2v) is 8.34. The predicted molar refractivity (Wildman–Crippen MR) is 116 cm³/mol. The molecule has 0 bridgehead atoms. The zero-order valence-electron chi connectivity index (χ0n) is 17.4. The Morgan fingerprint density at radius 3 is 2.38 bits per heavy atom. The Kier molecular flexibility index (Phi) is 5.31. The molecular formula is C24H29N3O2. The molecule has 2 aromatic rings. The van der Waals surface area contributed by atoms with Crippen molar-refractivity contribution in [1.29, 1.82) is 0 Å². The second kappa shape index (κ2) is 7.90. The first-order valence-electron chi connectivity index (χ1n) is 10.4. The molecular weight excluding hydrogens is 362 g/mol. The van der Waals surface area contributed by atoms with E-state index in [0.717, 1.165) is 29.9 Å². The van der Waals surface area contributed by atoms with Crippen LogP contribution in [0.5, 0.6) is 0 Å². The van der Waals surface area contributed by atoms with Crippen molar-refractivity contribution < 1.29 is 9.59 Å². The molecule has 1 N–H and O–H groups in total. The van der Waals surface area contributed by atoms with E-state index in [9.17, 15) is 9.59 Å². The molecule has 0 spiro atoms. The third-order valence-corrected chi connectivity index (χ3v) is 6.27. The molecule has 152 valence electrons. The summed E-state index contributed by atoms with van der Waals surface area (Å²) in [6.45, 7) is 9.24. The SMILES string of the molecule is Cc1cccc(N2CCN(C(=O)C3CC3C(=O)Nc3cccc(C)c3C)CC2)c1. The number of piperazine rings is 1. The highest BCUT2D eigenvalue weighted by atomic mass is 16.2. The maximum absolute atomic E-state index is 12.9. The minimum atomic E-state index is -0.197. The Bertz CT molecular complexity index is 931. The lowest BCUT2D eigenvalue weighted by Gasteiger charge is -2.36. The van der Waals surface area contributed by atoms with Gasteiger partial charge in [0.15, 0.2) is 0 Å². The highest BCUT2D eigenvalue weighted by molar-refractivity contribution is 6.00. The minimum absolute atomic E-state index is 0.0320. The summed E-state index contributed by atoms with van der Waals surface area (Å²) in [7, 11) is 0. The lowest BCUT2D eigenvalue weighted by atomic mass is 10.1. The summed E-state index contributed by atoms with van der Waals surface area (Å²) < 4.78 is 0. The van der Waals surface area contributed by atoms with Crippen molar-refractivity contribution in [3.63, 3.8) is 0 Å². The van der Waals surface area contributed by atoms with E-state index >= 15 is 0 Å². The van der Waals surface area contributed by atoms with E-state index in [-0.39, 0.29) is 23.7 Å². The molecule has 2 aliphatic rings. The number of anilines is 2. The first-order chi connectivity index (χ1) is 13.9. The normalized spacial score (nSPS) is 21.1. The van der Waals surface area contributed by atoms with Gasteiger partial charge in [0.2, 0.25) is 11.8 Å². The summed E-state index contributed by atoms with van der Waals surface area (Å²) in [5, 5.41) is 3.02. The summed E-state index contributed by atoms with van der Waals surface area (Å²) in [6, 6.07) is 14.4. The molecule has 1 saturated heterocycles. The molecule has 1 aliphatic carbocycles. The van der Waals surface area contributed by atoms with Gasteiger partial charge in [0.25, 0.3) is 0 Å². The minimum Gasteiger partial charge on any atom is -0.368 e. The van der Waals surface area contributed by atoms with Gasteiger partial charge in [0.1, 0.15) is 0 Å². The van der Waals surface area contributed by atoms with Crippen molar-refractivity contribution in [1.82, 2.24) is 4.90 Å². The number of aryl methyl sites for hydroxylation is 2. The van der Waals surface area contributed by atoms with Crippen LogP contribution in [-0.2, 0) is 9.59 Å². The van der Waals surface area contributed by atoms with Crippen molar-refractivity contribution in [2.24, 2.45) is 11.8 Å². The first kappa shape index (κ1) is 19.5. The Morgan fingerprint density at radius 1 is 0.931 bits per heavy atom.